The molecule has 0 saturated carbocycles. The predicted octanol–water partition coefficient (Wildman–Crippen LogP) is 2.65. The van der Waals surface area contributed by atoms with Gasteiger partial charge in [-0.2, -0.15) is 5.10 Å². The van der Waals surface area contributed by atoms with Gasteiger partial charge in [-0.25, -0.2) is 4.68 Å². The molecular formula is C17H18N6O2S3. The highest BCUT2D eigenvalue weighted by atomic mass is 32.2. The number of hydrogen-bond donors (Lipinski definition) is 2. The van der Waals surface area contributed by atoms with Crippen LogP contribution in [0, 0.1) is 13.8 Å². The first-order chi connectivity index (χ1) is 13.4. The van der Waals surface area contributed by atoms with Crippen LogP contribution in [0.1, 0.15) is 11.3 Å². The van der Waals surface area contributed by atoms with Crippen LogP contribution in [0.2, 0.25) is 0 Å². The number of hydrogen-bond acceptors (Lipinski definition) is 8. The largest absolute Gasteiger partial charge is 0.369 e. The number of anilines is 1. The fraction of sp³-hybridized carbons (Fsp3) is 0.235. The number of amides is 2. The van der Waals surface area contributed by atoms with Gasteiger partial charge in [-0.3, -0.25) is 9.59 Å². The number of aryl methyl sites for hydroxylation is 2. The van der Waals surface area contributed by atoms with Crippen LogP contribution in [0.3, 0.4) is 0 Å². The molecule has 0 radical (unpaired) electrons. The first kappa shape index (κ1) is 20.4. The Balaban J connectivity index is 1.60. The maximum Gasteiger partial charge on any atom is 0.235 e. The Hall–Kier alpha value is -2.37. The van der Waals surface area contributed by atoms with Gasteiger partial charge in [0.2, 0.25) is 11.8 Å². The summed E-state index contributed by atoms with van der Waals surface area (Å²) in [5.74, 6) is 0.381. The Bertz CT molecular complexity index is 983. The Morgan fingerprint density at radius 1 is 1.11 bits per heavy atom. The lowest BCUT2D eigenvalue weighted by Crippen LogP contribution is -2.16. The number of primary amides is 1. The number of nitrogens with two attached hydrogens (primary N) is 1. The van der Waals surface area contributed by atoms with Crippen molar-refractivity contribution in [1.82, 2.24) is 20.0 Å². The molecule has 0 aliphatic heterocycles. The summed E-state index contributed by atoms with van der Waals surface area (Å²) < 4.78 is 3.01. The molecule has 0 aliphatic rings. The molecule has 0 saturated heterocycles. The molecule has 146 valence electrons. The molecular weight excluding hydrogens is 416 g/mol. The third-order valence-electron chi connectivity index (χ3n) is 3.43. The van der Waals surface area contributed by atoms with E-state index >= 15 is 0 Å². The molecule has 1 aromatic carbocycles. The van der Waals surface area contributed by atoms with Gasteiger partial charge in [0, 0.05) is 6.07 Å². The summed E-state index contributed by atoms with van der Waals surface area (Å²) in [7, 11) is 0. The number of carbonyl (C=O) groups excluding carboxylic acids is 2. The minimum Gasteiger partial charge on any atom is -0.369 e. The first-order valence-corrected chi connectivity index (χ1v) is 11.0. The fourth-order valence-corrected chi connectivity index (χ4v) is 4.78. The zero-order chi connectivity index (χ0) is 20.1. The lowest BCUT2D eigenvalue weighted by atomic mass is 10.2. The number of rotatable bonds is 8. The molecule has 0 spiro atoms. The molecule has 0 fully saturated rings. The Labute approximate surface area is 174 Å². The molecule has 8 nitrogen and oxygen atoms in total. The smallest absolute Gasteiger partial charge is 0.235 e. The Morgan fingerprint density at radius 2 is 1.75 bits per heavy atom. The van der Waals surface area contributed by atoms with Crippen molar-refractivity contribution >= 4 is 52.5 Å². The van der Waals surface area contributed by atoms with Crippen molar-refractivity contribution in [3.63, 3.8) is 0 Å². The van der Waals surface area contributed by atoms with Gasteiger partial charge in [-0.05, 0) is 26.0 Å². The highest BCUT2D eigenvalue weighted by Gasteiger charge is 2.13. The van der Waals surface area contributed by atoms with Crippen molar-refractivity contribution in [2.45, 2.75) is 22.5 Å². The maximum atomic E-state index is 12.4. The second-order valence-corrected chi connectivity index (χ2v) is 9.27. The van der Waals surface area contributed by atoms with E-state index in [0.717, 1.165) is 16.9 Å². The van der Waals surface area contributed by atoms with Crippen molar-refractivity contribution in [1.29, 1.82) is 0 Å². The van der Waals surface area contributed by atoms with Crippen LogP contribution in [0.4, 0.5) is 5.82 Å². The van der Waals surface area contributed by atoms with Crippen LogP contribution in [0.25, 0.3) is 5.69 Å². The molecule has 2 heterocycles. The van der Waals surface area contributed by atoms with Gasteiger partial charge in [-0.15, -0.1) is 10.2 Å². The third-order valence-corrected chi connectivity index (χ3v) is 6.64. The summed E-state index contributed by atoms with van der Waals surface area (Å²) in [6, 6.07) is 9.73. The SMILES string of the molecule is Cc1ccc(-n2nc(C)cc2NC(=O)CSc2nnc(SCC(N)=O)s2)cc1. The van der Waals surface area contributed by atoms with Gasteiger partial charge in [0.15, 0.2) is 8.68 Å². The Morgan fingerprint density at radius 3 is 2.39 bits per heavy atom. The molecule has 2 aromatic heterocycles. The van der Waals surface area contributed by atoms with E-state index in [1.165, 1.54) is 34.9 Å². The number of aromatic nitrogens is 4. The van der Waals surface area contributed by atoms with Gasteiger partial charge < -0.3 is 11.1 Å². The van der Waals surface area contributed by atoms with Crippen LogP contribution in [0.5, 0.6) is 0 Å². The summed E-state index contributed by atoms with van der Waals surface area (Å²) in [5, 5.41) is 15.3. The summed E-state index contributed by atoms with van der Waals surface area (Å²) in [6.07, 6.45) is 0. The summed E-state index contributed by atoms with van der Waals surface area (Å²) in [4.78, 5) is 23.2. The van der Waals surface area contributed by atoms with Crippen LogP contribution in [0.15, 0.2) is 39.0 Å². The third kappa shape index (κ3) is 5.57. The minimum absolute atomic E-state index is 0.155. The molecule has 0 bridgehead atoms. The zero-order valence-corrected chi connectivity index (χ0v) is 17.7. The van der Waals surface area contributed by atoms with Crippen LogP contribution in [-0.4, -0.2) is 43.3 Å². The van der Waals surface area contributed by atoms with Crippen molar-refractivity contribution in [2.24, 2.45) is 5.73 Å². The predicted molar refractivity (Wildman–Crippen MR) is 112 cm³/mol. The van der Waals surface area contributed by atoms with E-state index in [0.29, 0.717) is 14.5 Å². The normalized spacial score (nSPS) is 10.8. The number of thioether (sulfide) groups is 2. The van der Waals surface area contributed by atoms with Gasteiger partial charge in [0.1, 0.15) is 5.82 Å². The lowest BCUT2D eigenvalue weighted by molar-refractivity contribution is -0.115. The lowest BCUT2D eigenvalue weighted by Gasteiger charge is -2.08. The molecule has 0 unspecified atom stereocenters. The first-order valence-electron chi connectivity index (χ1n) is 8.21. The van der Waals surface area contributed by atoms with E-state index in [2.05, 4.69) is 20.6 Å². The second kappa shape index (κ2) is 9.22. The topological polar surface area (TPSA) is 116 Å². The Kier molecular flexibility index (Phi) is 6.70. The van der Waals surface area contributed by atoms with Crippen molar-refractivity contribution in [3.8, 4) is 5.69 Å². The zero-order valence-electron chi connectivity index (χ0n) is 15.2. The highest BCUT2D eigenvalue weighted by Crippen LogP contribution is 2.28. The fourth-order valence-electron chi connectivity index (χ4n) is 2.22. The van der Waals surface area contributed by atoms with Crippen LogP contribution in [-0.2, 0) is 9.59 Å². The van der Waals surface area contributed by atoms with E-state index in [-0.39, 0.29) is 17.4 Å². The summed E-state index contributed by atoms with van der Waals surface area (Å²) in [6.45, 7) is 3.89. The maximum absolute atomic E-state index is 12.4. The molecule has 3 N–H and O–H groups in total. The number of carbonyl (C=O) groups is 2. The number of benzene rings is 1. The molecule has 2 amide bonds. The quantitative estimate of drug-likeness (QED) is 0.524. The molecule has 3 aromatic rings. The van der Waals surface area contributed by atoms with Crippen LogP contribution < -0.4 is 11.1 Å². The highest BCUT2D eigenvalue weighted by molar-refractivity contribution is 8.03. The molecule has 11 heteroatoms. The number of nitrogens with zero attached hydrogens (tertiary/aromatic N) is 4. The van der Waals surface area contributed by atoms with E-state index in [1.54, 1.807) is 4.68 Å². The van der Waals surface area contributed by atoms with Gasteiger partial charge in [0.05, 0.1) is 22.9 Å². The molecule has 28 heavy (non-hydrogen) atoms. The van der Waals surface area contributed by atoms with Crippen molar-refractivity contribution < 1.29 is 9.59 Å². The van der Waals surface area contributed by atoms with E-state index in [1.807, 2.05) is 44.2 Å². The van der Waals surface area contributed by atoms with E-state index in [4.69, 9.17) is 5.73 Å². The van der Waals surface area contributed by atoms with Gasteiger partial charge in [0.25, 0.3) is 0 Å². The van der Waals surface area contributed by atoms with E-state index < -0.39 is 5.91 Å². The van der Waals surface area contributed by atoms with E-state index in [9.17, 15) is 9.59 Å². The summed E-state index contributed by atoms with van der Waals surface area (Å²) in [5.41, 5.74) is 7.95. The molecule has 3 rings (SSSR count). The van der Waals surface area contributed by atoms with Crippen molar-refractivity contribution in [2.75, 3.05) is 16.8 Å². The molecule has 0 atom stereocenters. The average molecular weight is 435 g/mol. The molecule has 0 aliphatic carbocycles. The van der Waals surface area contributed by atoms with Gasteiger partial charge >= 0.3 is 0 Å². The van der Waals surface area contributed by atoms with Crippen LogP contribution >= 0.6 is 34.9 Å². The monoisotopic (exact) mass is 434 g/mol. The standard InChI is InChI=1S/C17H18N6O2S3/c1-10-3-5-12(6-4-10)23-14(7-11(2)22-23)19-15(25)9-27-17-21-20-16(28-17)26-8-13(18)24/h3-7H,8-9H2,1-2H3,(H2,18,24)(H,19,25). The average Bonchev–Trinajstić information content (AvgIpc) is 3.25. The second-order valence-electron chi connectivity index (χ2n) is 5.84. The van der Waals surface area contributed by atoms with Crippen molar-refractivity contribution in [3.05, 3.63) is 41.6 Å². The number of nitrogens with one attached hydrogen (secondary N) is 1. The summed E-state index contributed by atoms with van der Waals surface area (Å²) >= 11 is 3.85. The minimum atomic E-state index is -0.408. The van der Waals surface area contributed by atoms with Gasteiger partial charge in [-0.1, -0.05) is 52.6 Å².